The Morgan fingerprint density at radius 2 is 1.89 bits per heavy atom. The van der Waals surface area contributed by atoms with Gasteiger partial charge in [-0.15, -0.1) is 11.8 Å². The van der Waals surface area contributed by atoms with Gasteiger partial charge in [-0.3, -0.25) is 0 Å². The van der Waals surface area contributed by atoms with Gasteiger partial charge in [-0.25, -0.2) is 0 Å². The van der Waals surface area contributed by atoms with Gasteiger partial charge in [0.1, 0.15) is 0 Å². The Balaban J connectivity index is 1.66. The molecule has 3 rings (SSSR count). The zero-order chi connectivity index (χ0) is 13.1. The molecule has 3 heteroatoms. The number of rotatable bonds is 5. The van der Waals surface area contributed by atoms with Gasteiger partial charge in [0.05, 0.1) is 0 Å². The predicted molar refractivity (Wildman–Crippen MR) is 86.7 cm³/mol. The summed E-state index contributed by atoms with van der Waals surface area (Å²) in [4.78, 5) is 1.49. The zero-order valence-electron chi connectivity index (χ0n) is 11.3. The van der Waals surface area contributed by atoms with E-state index in [1.54, 1.807) is 0 Å². The Bertz CT molecular complexity index is 425. The minimum atomic E-state index is 0.784. The highest BCUT2D eigenvalue weighted by Crippen LogP contribution is 2.36. The Morgan fingerprint density at radius 3 is 2.63 bits per heavy atom. The highest BCUT2D eigenvalue weighted by Gasteiger charge is 2.21. The number of nitrogens with one attached hydrogen (secondary N) is 1. The van der Waals surface area contributed by atoms with Crippen LogP contribution >= 0.6 is 27.7 Å². The van der Waals surface area contributed by atoms with Gasteiger partial charge < -0.3 is 5.32 Å². The van der Waals surface area contributed by atoms with Crippen molar-refractivity contribution >= 4 is 27.7 Å². The molecular weight excluding hydrogens is 318 g/mol. The maximum atomic E-state index is 3.64. The van der Waals surface area contributed by atoms with Gasteiger partial charge in [0, 0.05) is 27.2 Å². The quantitative estimate of drug-likeness (QED) is 0.798. The highest BCUT2D eigenvalue weighted by atomic mass is 79.9. The van der Waals surface area contributed by atoms with Gasteiger partial charge in [0.2, 0.25) is 0 Å². The molecule has 0 radical (unpaired) electrons. The summed E-state index contributed by atoms with van der Waals surface area (Å²) in [5.74, 6) is 0. The molecule has 1 N–H and O–H groups in total. The van der Waals surface area contributed by atoms with Crippen molar-refractivity contribution in [2.24, 2.45) is 0 Å². The summed E-state index contributed by atoms with van der Waals surface area (Å²) < 4.78 is 1.20. The summed E-state index contributed by atoms with van der Waals surface area (Å²) >= 11 is 5.72. The summed E-state index contributed by atoms with van der Waals surface area (Å²) in [6.45, 7) is 1.03. The number of hydrogen-bond acceptors (Lipinski definition) is 2. The van der Waals surface area contributed by atoms with E-state index in [9.17, 15) is 0 Å². The van der Waals surface area contributed by atoms with E-state index in [4.69, 9.17) is 0 Å². The molecule has 104 valence electrons. The smallest absolute Gasteiger partial charge is 0.0219 e. The fourth-order valence-corrected chi connectivity index (χ4v) is 4.47. The molecule has 0 saturated heterocycles. The second-order valence-corrected chi connectivity index (χ2v) is 8.04. The van der Waals surface area contributed by atoms with Gasteiger partial charge in [-0.1, -0.05) is 35.2 Å². The molecule has 1 aromatic carbocycles. The molecule has 0 unspecified atom stereocenters. The molecule has 1 aromatic rings. The standard InChI is InChI=1S/C16H22BrNS/c17-13-6-9-16(19-15-4-2-1-3-5-15)12(10-13)11-18-14-7-8-14/h6,9-10,14-15,18H,1-5,7-8,11H2. The lowest BCUT2D eigenvalue weighted by atomic mass is 10.0. The lowest BCUT2D eigenvalue weighted by Gasteiger charge is -2.22. The van der Waals surface area contributed by atoms with E-state index in [1.807, 2.05) is 0 Å². The summed E-state index contributed by atoms with van der Waals surface area (Å²) in [5, 5.41) is 4.49. The third kappa shape index (κ3) is 4.24. The van der Waals surface area contributed by atoms with E-state index in [0.717, 1.165) is 17.8 Å². The van der Waals surface area contributed by atoms with Crippen molar-refractivity contribution in [1.29, 1.82) is 0 Å². The minimum Gasteiger partial charge on any atom is -0.310 e. The predicted octanol–water partition coefficient (Wildman–Crippen LogP) is 5.13. The summed E-state index contributed by atoms with van der Waals surface area (Å²) in [5.41, 5.74) is 1.47. The van der Waals surface area contributed by atoms with Crippen LogP contribution in [0.2, 0.25) is 0 Å². The van der Waals surface area contributed by atoms with Crippen LogP contribution in [0.15, 0.2) is 27.6 Å². The van der Waals surface area contributed by atoms with Crippen molar-refractivity contribution < 1.29 is 0 Å². The second kappa shape index (κ2) is 6.64. The molecule has 2 aliphatic carbocycles. The number of thioether (sulfide) groups is 1. The minimum absolute atomic E-state index is 0.784. The topological polar surface area (TPSA) is 12.0 Å². The summed E-state index contributed by atoms with van der Waals surface area (Å²) in [6.07, 6.45) is 9.80. The van der Waals surface area contributed by atoms with E-state index in [2.05, 4.69) is 51.2 Å². The summed E-state index contributed by atoms with van der Waals surface area (Å²) in [6, 6.07) is 7.56. The van der Waals surface area contributed by atoms with Crippen LogP contribution in [-0.2, 0) is 6.54 Å². The van der Waals surface area contributed by atoms with Crippen molar-refractivity contribution in [2.45, 2.75) is 67.7 Å². The first kappa shape index (κ1) is 14.0. The van der Waals surface area contributed by atoms with Gasteiger partial charge in [-0.05, 0) is 49.4 Å². The summed E-state index contributed by atoms with van der Waals surface area (Å²) in [7, 11) is 0. The van der Waals surface area contributed by atoms with E-state index in [-0.39, 0.29) is 0 Å². The Kier molecular flexibility index (Phi) is 4.88. The van der Waals surface area contributed by atoms with Crippen LogP contribution in [0.4, 0.5) is 0 Å². The number of hydrogen-bond donors (Lipinski definition) is 1. The van der Waals surface area contributed by atoms with Gasteiger partial charge in [-0.2, -0.15) is 0 Å². The number of halogens is 1. The fraction of sp³-hybridized carbons (Fsp3) is 0.625. The first-order valence-electron chi connectivity index (χ1n) is 7.50. The Hall–Kier alpha value is 0.01000. The largest absolute Gasteiger partial charge is 0.310 e. The molecule has 0 atom stereocenters. The molecule has 2 aliphatic rings. The van der Waals surface area contributed by atoms with Crippen molar-refractivity contribution in [1.82, 2.24) is 5.32 Å². The molecule has 1 nitrogen and oxygen atoms in total. The van der Waals surface area contributed by atoms with E-state index in [1.165, 1.54) is 59.9 Å². The van der Waals surface area contributed by atoms with Crippen molar-refractivity contribution in [3.05, 3.63) is 28.2 Å². The van der Waals surface area contributed by atoms with Crippen LogP contribution in [0.25, 0.3) is 0 Å². The molecule has 0 bridgehead atoms. The van der Waals surface area contributed by atoms with Crippen molar-refractivity contribution in [2.75, 3.05) is 0 Å². The van der Waals surface area contributed by atoms with Crippen LogP contribution in [0.3, 0.4) is 0 Å². The van der Waals surface area contributed by atoms with Crippen LogP contribution < -0.4 is 5.32 Å². The molecule has 0 spiro atoms. The molecule has 2 saturated carbocycles. The Labute approximate surface area is 129 Å². The van der Waals surface area contributed by atoms with E-state index in [0.29, 0.717) is 0 Å². The normalized spacial score (nSPS) is 20.7. The lowest BCUT2D eigenvalue weighted by Crippen LogP contribution is -2.16. The van der Waals surface area contributed by atoms with Crippen molar-refractivity contribution in [3.63, 3.8) is 0 Å². The highest BCUT2D eigenvalue weighted by molar-refractivity contribution is 9.10. The average Bonchev–Trinajstić information content (AvgIpc) is 3.24. The lowest BCUT2D eigenvalue weighted by molar-refractivity contribution is 0.516. The average molecular weight is 340 g/mol. The van der Waals surface area contributed by atoms with Crippen LogP contribution in [0, 0.1) is 0 Å². The first-order chi connectivity index (χ1) is 9.31. The second-order valence-electron chi connectivity index (χ2n) is 5.79. The van der Waals surface area contributed by atoms with Gasteiger partial charge in [0.25, 0.3) is 0 Å². The third-order valence-electron chi connectivity index (χ3n) is 4.03. The zero-order valence-corrected chi connectivity index (χ0v) is 13.7. The number of benzene rings is 1. The molecule has 0 heterocycles. The molecule has 0 aromatic heterocycles. The fourth-order valence-electron chi connectivity index (χ4n) is 2.71. The molecule has 0 aliphatic heterocycles. The SMILES string of the molecule is Brc1ccc(SC2CCCCC2)c(CNC2CC2)c1. The first-order valence-corrected chi connectivity index (χ1v) is 9.17. The van der Waals surface area contributed by atoms with Crippen LogP contribution in [0.1, 0.15) is 50.5 Å². The molecule has 0 amide bonds. The third-order valence-corrected chi connectivity index (χ3v) is 5.98. The van der Waals surface area contributed by atoms with Crippen LogP contribution in [-0.4, -0.2) is 11.3 Å². The van der Waals surface area contributed by atoms with Gasteiger partial charge in [0.15, 0.2) is 0 Å². The maximum absolute atomic E-state index is 3.64. The van der Waals surface area contributed by atoms with E-state index < -0.39 is 0 Å². The molecular formula is C16H22BrNS. The Morgan fingerprint density at radius 1 is 1.11 bits per heavy atom. The van der Waals surface area contributed by atoms with Gasteiger partial charge >= 0.3 is 0 Å². The molecule has 19 heavy (non-hydrogen) atoms. The maximum Gasteiger partial charge on any atom is 0.0219 e. The van der Waals surface area contributed by atoms with Crippen molar-refractivity contribution in [3.8, 4) is 0 Å². The molecule has 2 fully saturated rings. The van der Waals surface area contributed by atoms with E-state index >= 15 is 0 Å². The monoisotopic (exact) mass is 339 g/mol. The van der Waals surface area contributed by atoms with Crippen LogP contribution in [0.5, 0.6) is 0 Å².